The van der Waals surface area contributed by atoms with Crippen LogP contribution in [0.5, 0.6) is 5.75 Å². The highest BCUT2D eigenvalue weighted by atomic mass is 16.5. The average Bonchev–Trinajstić information content (AvgIpc) is 3.11. The zero-order chi connectivity index (χ0) is 18.8. The summed E-state index contributed by atoms with van der Waals surface area (Å²) in [7, 11) is 0. The van der Waals surface area contributed by atoms with Crippen LogP contribution in [0.2, 0.25) is 0 Å². The lowest BCUT2D eigenvalue weighted by Gasteiger charge is -2.20. The molecule has 1 aliphatic heterocycles. The molecule has 1 atom stereocenters. The standard InChI is InChI=1S/C23H27N3O/c1-16(2)14-17-6-9-19(10-7-17)26-13-12-20(15-26)27-21-5-3-4-18-8-11-22(24)25-23(18)21/h3-11,16,20H,12-15H2,1-2H3,(H2,24,25). The van der Waals surface area contributed by atoms with Crippen molar-refractivity contribution in [1.29, 1.82) is 0 Å². The largest absolute Gasteiger partial charge is 0.486 e. The van der Waals surface area contributed by atoms with Crippen LogP contribution in [0.3, 0.4) is 0 Å². The van der Waals surface area contributed by atoms with E-state index < -0.39 is 0 Å². The molecule has 1 fully saturated rings. The maximum absolute atomic E-state index is 6.31. The molecule has 1 aromatic heterocycles. The first-order chi connectivity index (χ1) is 13.1. The Morgan fingerprint density at radius 3 is 2.70 bits per heavy atom. The molecule has 1 unspecified atom stereocenters. The molecule has 4 rings (SSSR count). The average molecular weight is 361 g/mol. The van der Waals surface area contributed by atoms with Crippen LogP contribution in [0.4, 0.5) is 11.5 Å². The van der Waals surface area contributed by atoms with Crippen LogP contribution in [0, 0.1) is 5.92 Å². The van der Waals surface area contributed by atoms with Crippen molar-refractivity contribution in [1.82, 2.24) is 4.98 Å². The van der Waals surface area contributed by atoms with Crippen LogP contribution >= 0.6 is 0 Å². The van der Waals surface area contributed by atoms with Crippen LogP contribution in [0.1, 0.15) is 25.8 Å². The number of anilines is 2. The van der Waals surface area contributed by atoms with E-state index in [1.807, 2.05) is 30.3 Å². The van der Waals surface area contributed by atoms with Gasteiger partial charge in [-0.1, -0.05) is 38.1 Å². The first-order valence-electron chi connectivity index (χ1n) is 9.74. The smallest absolute Gasteiger partial charge is 0.146 e. The van der Waals surface area contributed by atoms with Gasteiger partial charge in [0, 0.05) is 24.0 Å². The highest BCUT2D eigenvalue weighted by molar-refractivity contribution is 5.85. The van der Waals surface area contributed by atoms with Gasteiger partial charge in [-0.05, 0) is 48.2 Å². The molecule has 1 saturated heterocycles. The van der Waals surface area contributed by atoms with E-state index in [9.17, 15) is 0 Å². The number of hydrogen-bond acceptors (Lipinski definition) is 4. The van der Waals surface area contributed by atoms with E-state index in [0.29, 0.717) is 11.7 Å². The quantitative estimate of drug-likeness (QED) is 0.717. The second kappa shape index (κ2) is 7.47. The minimum atomic E-state index is 0.161. The number of nitrogens with two attached hydrogens (primary N) is 1. The number of ether oxygens (including phenoxy) is 1. The maximum Gasteiger partial charge on any atom is 0.146 e. The van der Waals surface area contributed by atoms with Gasteiger partial charge in [0.15, 0.2) is 0 Å². The Labute approximate surface area is 161 Å². The lowest BCUT2D eigenvalue weighted by molar-refractivity contribution is 0.227. The summed E-state index contributed by atoms with van der Waals surface area (Å²) in [5, 5.41) is 1.05. The minimum Gasteiger partial charge on any atom is -0.486 e. The Balaban J connectivity index is 1.45. The van der Waals surface area contributed by atoms with Gasteiger partial charge >= 0.3 is 0 Å². The minimum absolute atomic E-state index is 0.161. The normalized spacial score (nSPS) is 17.0. The molecule has 2 aromatic carbocycles. The molecule has 2 N–H and O–H groups in total. The van der Waals surface area contributed by atoms with Gasteiger partial charge in [0.05, 0.1) is 6.54 Å². The molecule has 0 saturated carbocycles. The summed E-state index contributed by atoms with van der Waals surface area (Å²) in [6, 6.07) is 18.8. The number of benzene rings is 2. The van der Waals surface area contributed by atoms with Crippen molar-refractivity contribution in [3.05, 3.63) is 60.2 Å². The Hall–Kier alpha value is -2.75. The molecule has 0 radical (unpaired) electrons. The van der Waals surface area contributed by atoms with E-state index in [1.54, 1.807) is 0 Å². The van der Waals surface area contributed by atoms with Gasteiger partial charge in [-0.25, -0.2) is 4.98 Å². The molecule has 4 heteroatoms. The topological polar surface area (TPSA) is 51.4 Å². The van der Waals surface area contributed by atoms with Gasteiger partial charge < -0.3 is 15.4 Å². The first-order valence-corrected chi connectivity index (χ1v) is 9.74. The Morgan fingerprint density at radius 2 is 1.93 bits per heavy atom. The predicted octanol–water partition coefficient (Wildman–Crippen LogP) is 4.67. The van der Waals surface area contributed by atoms with Crippen molar-refractivity contribution in [2.24, 2.45) is 5.92 Å². The van der Waals surface area contributed by atoms with Crippen molar-refractivity contribution in [3.8, 4) is 5.75 Å². The molecule has 0 bridgehead atoms. The maximum atomic E-state index is 6.31. The summed E-state index contributed by atoms with van der Waals surface area (Å²) in [4.78, 5) is 6.87. The highest BCUT2D eigenvalue weighted by Crippen LogP contribution is 2.29. The molecule has 140 valence electrons. The Kier molecular flexibility index (Phi) is 4.88. The van der Waals surface area contributed by atoms with Gasteiger partial charge in [0.2, 0.25) is 0 Å². The highest BCUT2D eigenvalue weighted by Gasteiger charge is 2.25. The monoisotopic (exact) mass is 361 g/mol. The number of nitrogens with zero attached hydrogens (tertiary/aromatic N) is 2. The molecular weight excluding hydrogens is 334 g/mol. The summed E-state index contributed by atoms with van der Waals surface area (Å²) >= 11 is 0. The summed E-state index contributed by atoms with van der Waals surface area (Å²) in [5.74, 6) is 2.02. The second-order valence-electron chi connectivity index (χ2n) is 7.80. The number of pyridine rings is 1. The van der Waals surface area contributed by atoms with Crippen molar-refractivity contribution in [2.75, 3.05) is 23.7 Å². The van der Waals surface area contributed by atoms with E-state index in [4.69, 9.17) is 10.5 Å². The number of para-hydroxylation sites is 1. The third kappa shape index (κ3) is 4.00. The molecule has 3 aromatic rings. The predicted molar refractivity (Wildman–Crippen MR) is 112 cm³/mol. The molecule has 0 spiro atoms. The fraction of sp³-hybridized carbons (Fsp3) is 0.348. The van der Waals surface area contributed by atoms with Crippen molar-refractivity contribution in [3.63, 3.8) is 0 Å². The second-order valence-corrected chi connectivity index (χ2v) is 7.80. The van der Waals surface area contributed by atoms with Crippen LogP contribution in [-0.2, 0) is 6.42 Å². The van der Waals surface area contributed by atoms with E-state index in [1.165, 1.54) is 11.3 Å². The molecule has 0 aliphatic carbocycles. The fourth-order valence-electron chi connectivity index (χ4n) is 3.78. The fourth-order valence-corrected chi connectivity index (χ4v) is 3.78. The van der Waals surface area contributed by atoms with Gasteiger partial charge in [-0.3, -0.25) is 0 Å². The molecule has 4 nitrogen and oxygen atoms in total. The number of rotatable bonds is 5. The molecule has 2 heterocycles. The third-order valence-electron chi connectivity index (χ3n) is 5.09. The zero-order valence-corrected chi connectivity index (χ0v) is 16.1. The van der Waals surface area contributed by atoms with Crippen LogP contribution in [0.15, 0.2) is 54.6 Å². The Morgan fingerprint density at radius 1 is 1.11 bits per heavy atom. The van der Waals surface area contributed by atoms with Crippen LogP contribution < -0.4 is 15.4 Å². The van der Waals surface area contributed by atoms with Crippen LogP contribution in [0.25, 0.3) is 10.9 Å². The van der Waals surface area contributed by atoms with Gasteiger partial charge in [-0.15, -0.1) is 0 Å². The Bertz CT molecular complexity index is 921. The molecule has 0 amide bonds. The van der Waals surface area contributed by atoms with Crippen LogP contribution in [-0.4, -0.2) is 24.2 Å². The SMILES string of the molecule is CC(C)Cc1ccc(N2CCC(Oc3cccc4ccc(N)nc34)C2)cc1. The van der Waals surface area contributed by atoms with Gasteiger partial charge in [0.25, 0.3) is 0 Å². The number of fused-ring (bicyclic) bond motifs is 1. The zero-order valence-electron chi connectivity index (χ0n) is 16.1. The number of aromatic nitrogens is 1. The summed E-state index contributed by atoms with van der Waals surface area (Å²) in [6.07, 6.45) is 2.30. The lowest BCUT2D eigenvalue weighted by atomic mass is 10.0. The summed E-state index contributed by atoms with van der Waals surface area (Å²) in [6.45, 7) is 6.41. The van der Waals surface area contributed by atoms with E-state index in [0.717, 1.165) is 42.6 Å². The van der Waals surface area contributed by atoms with Gasteiger partial charge in [0.1, 0.15) is 23.2 Å². The van der Waals surface area contributed by atoms with Crippen molar-refractivity contribution < 1.29 is 4.74 Å². The third-order valence-corrected chi connectivity index (χ3v) is 5.09. The lowest BCUT2D eigenvalue weighted by Crippen LogP contribution is -2.24. The summed E-state index contributed by atoms with van der Waals surface area (Å²) in [5.41, 5.74) is 9.38. The van der Waals surface area contributed by atoms with E-state index >= 15 is 0 Å². The van der Waals surface area contributed by atoms with Crippen molar-refractivity contribution >= 4 is 22.4 Å². The first kappa shape index (κ1) is 17.7. The number of nitrogen functional groups attached to an aromatic ring is 1. The van der Waals surface area contributed by atoms with E-state index in [2.05, 4.69) is 48.0 Å². The summed E-state index contributed by atoms with van der Waals surface area (Å²) < 4.78 is 6.31. The van der Waals surface area contributed by atoms with Gasteiger partial charge in [-0.2, -0.15) is 0 Å². The molecular formula is C23H27N3O. The number of hydrogen-bond donors (Lipinski definition) is 1. The van der Waals surface area contributed by atoms with E-state index in [-0.39, 0.29) is 6.10 Å². The molecule has 27 heavy (non-hydrogen) atoms. The molecule has 1 aliphatic rings. The van der Waals surface area contributed by atoms with Crippen molar-refractivity contribution in [2.45, 2.75) is 32.8 Å².